The molecule has 1 aliphatic rings. The second-order valence-electron chi connectivity index (χ2n) is 7.51. The van der Waals surface area contributed by atoms with Gasteiger partial charge in [0.2, 0.25) is 0 Å². The van der Waals surface area contributed by atoms with Gasteiger partial charge in [0.05, 0.1) is 6.61 Å². The van der Waals surface area contributed by atoms with E-state index in [1.165, 1.54) is 17.7 Å². The maximum atomic E-state index is 5.79. The van der Waals surface area contributed by atoms with E-state index >= 15 is 0 Å². The Morgan fingerprint density at radius 2 is 2.04 bits per heavy atom. The highest BCUT2D eigenvalue weighted by atomic mass is 16.5. The van der Waals surface area contributed by atoms with Crippen molar-refractivity contribution in [3.63, 3.8) is 0 Å². The Morgan fingerprint density at radius 1 is 1.14 bits per heavy atom. The van der Waals surface area contributed by atoms with E-state index in [4.69, 9.17) is 4.74 Å². The van der Waals surface area contributed by atoms with Gasteiger partial charge in [-0.3, -0.25) is 9.88 Å². The van der Waals surface area contributed by atoms with Crippen LogP contribution in [0.2, 0.25) is 0 Å². The molecule has 3 heterocycles. The molecular formula is C23H28N4O. The van der Waals surface area contributed by atoms with Crippen molar-refractivity contribution in [3.05, 3.63) is 66.2 Å². The first-order chi connectivity index (χ1) is 13.7. The molecule has 0 N–H and O–H groups in total. The first-order valence-corrected chi connectivity index (χ1v) is 10.1. The zero-order valence-corrected chi connectivity index (χ0v) is 16.7. The predicted octanol–water partition coefficient (Wildman–Crippen LogP) is 4.17. The van der Waals surface area contributed by atoms with Gasteiger partial charge in [0.1, 0.15) is 11.6 Å². The predicted molar refractivity (Wildman–Crippen MR) is 111 cm³/mol. The van der Waals surface area contributed by atoms with E-state index in [2.05, 4.69) is 50.6 Å². The summed E-state index contributed by atoms with van der Waals surface area (Å²) in [4.78, 5) is 11.4. The number of aryl methyl sites for hydroxylation is 1. The SMILES string of the molecule is CCOc1ccccc1CN1CCC(Cn2c(C)cnc2-c2cccnc2)C1. The van der Waals surface area contributed by atoms with Crippen molar-refractivity contribution in [3.8, 4) is 17.1 Å². The molecule has 1 unspecified atom stereocenters. The molecule has 1 fully saturated rings. The molecular weight excluding hydrogens is 348 g/mol. The van der Waals surface area contributed by atoms with Gasteiger partial charge in [0.15, 0.2) is 0 Å². The molecule has 0 aliphatic carbocycles. The Labute approximate surface area is 167 Å². The van der Waals surface area contributed by atoms with E-state index in [0.29, 0.717) is 12.5 Å². The summed E-state index contributed by atoms with van der Waals surface area (Å²) in [6, 6.07) is 12.4. The molecule has 0 amide bonds. The molecule has 1 atom stereocenters. The van der Waals surface area contributed by atoms with Gasteiger partial charge in [-0.1, -0.05) is 18.2 Å². The summed E-state index contributed by atoms with van der Waals surface area (Å²) in [6.45, 7) is 9.06. The second-order valence-corrected chi connectivity index (χ2v) is 7.51. The number of nitrogens with zero attached hydrogens (tertiary/aromatic N) is 4. The number of ether oxygens (including phenoxy) is 1. The number of pyridine rings is 1. The number of para-hydroxylation sites is 1. The summed E-state index contributed by atoms with van der Waals surface area (Å²) >= 11 is 0. The van der Waals surface area contributed by atoms with Crippen LogP contribution in [0, 0.1) is 12.8 Å². The molecule has 0 spiro atoms. The van der Waals surface area contributed by atoms with Crippen molar-refractivity contribution in [1.29, 1.82) is 0 Å². The average Bonchev–Trinajstić information content (AvgIpc) is 3.31. The standard InChI is InChI=1S/C23H28N4O/c1-3-28-22-9-5-4-7-21(22)17-26-12-10-19(15-26)16-27-18(2)13-25-23(27)20-8-6-11-24-14-20/h4-9,11,13-14,19H,3,10,12,15-17H2,1-2H3. The third-order valence-corrected chi connectivity index (χ3v) is 5.45. The van der Waals surface area contributed by atoms with Gasteiger partial charge in [-0.15, -0.1) is 0 Å². The van der Waals surface area contributed by atoms with Gasteiger partial charge in [-0.05, 0) is 50.9 Å². The van der Waals surface area contributed by atoms with Gasteiger partial charge < -0.3 is 9.30 Å². The van der Waals surface area contributed by atoms with Gasteiger partial charge in [0.25, 0.3) is 0 Å². The van der Waals surface area contributed by atoms with Crippen LogP contribution in [0.3, 0.4) is 0 Å². The summed E-state index contributed by atoms with van der Waals surface area (Å²) in [5, 5.41) is 0. The van der Waals surface area contributed by atoms with Gasteiger partial charge in [0, 0.05) is 55.0 Å². The monoisotopic (exact) mass is 376 g/mol. The van der Waals surface area contributed by atoms with Crippen molar-refractivity contribution >= 4 is 0 Å². The fourth-order valence-corrected chi connectivity index (χ4v) is 4.05. The van der Waals surface area contributed by atoms with E-state index in [-0.39, 0.29) is 0 Å². The zero-order chi connectivity index (χ0) is 19.3. The molecule has 0 bridgehead atoms. The smallest absolute Gasteiger partial charge is 0.141 e. The van der Waals surface area contributed by atoms with Gasteiger partial charge in [-0.25, -0.2) is 4.98 Å². The molecule has 2 aromatic heterocycles. The van der Waals surface area contributed by atoms with Crippen LogP contribution in [0.5, 0.6) is 5.75 Å². The highest BCUT2D eigenvalue weighted by Crippen LogP contribution is 2.27. The van der Waals surface area contributed by atoms with Gasteiger partial charge >= 0.3 is 0 Å². The maximum absolute atomic E-state index is 5.79. The first kappa shape index (κ1) is 18.7. The van der Waals surface area contributed by atoms with Crippen LogP contribution >= 0.6 is 0 Å². The van der Waals surface area contributed by atoms with Crippen LogP contribution in [0.25, 0.3) is 11.4 Å². The van der Waals surface area contributed by atoms with Crippen LogP contribution in [0.15, 0.2) is 55.0 Å². The Kier molecular flexibility index (Phi) is 5.72. The molecule has 1 aromatic carbocycles. The van der Waals surface area contributed by atoms with E-state index in [0.717, 1.165) is 43.3 Å². The number of rotatable bonds is 7. The lowest BCUT2D eigenvalue weighted by atomic mass is 10.1. The number of imidazole rings is 1. The number of benzene rings is 1. The van der Waals surface area contributed by atoms with E-state index in [1.807, 2.05) is 31.5 Å². The molecule has 4 rings (SSSR count). The third kappa shape index (κ3) is 4.09. The van der Waals surface area contributed by atoms with Crippen molar-refractivity contribution in [2.75, 3.05) is 19.7 Å². The van der Waals surface area contributed by atoms with Crippen LogP contribution < -0.4 is 4.74 Å². The van der Waals surface area contributed by atoms with Crippen molar-refractivity contribution in [1.82, 2.24) is 19.4 Å². The Bertz CT molecular complexity index is 906. The highest BCUT2D eigenvalue weighted by molar-refractivity contribution is 5.54. The number of likely N-dealkylation sites (tertiary alicyclic amines) is 1. The van der Waals surface area contributed by atoms with Gasteiger partial charge in [-0.2, -0.15) is 0 Å². The topological polar surface area (TPSA) is 43.2 Å². The molecule has 146 valence electrons. The lowest BCUT2D eigenvalue weighted by molar-refractivity contribution is 0.292. The molecule has 1 saturated heterocycles. The number of aromatic nitrogens is 3. The third-order valence-electron chi connectivity index (χ3n) is 5.45. The lowest BCUT2D eigenvalue weighted by Gasteiger charge is -2.19. The maximum Gasteiger partial charge on any atom is 0.141 e. The molecule has 5 heteroatoms. The first-order valence-electron chi connectivity index (χ1n) is 10.1. The van der Waals surface area contributed by atoms with Crippen molar-refractivity contribution < 1.29 is 4.74 Å². The Morgan fingerprint density at radius 3 is 2.86 bits per heavy atom. The number of hydrogen-bond acceptors (Lipinski definition) is 4. The second kappa shape index (κ2) is 8.57. The molecule has 1 aliphatic heterocycles. The molecule has 0 saturated carbocycles. The van der Waals surface area contributed by atoms with Crippen molar-refractivity contribution in [2.45, 2.75) is 33.4 Å². The minimum absolute atomic E-state index is 0.627. The summed E-state index contributed by atoms with van der Waals surface area (Å²) in [5.41, 5.74) is 3.56. The van der Waals surface area contributed by atoms with E-state index in [1.54, 1.807) is 6.20 Å². The molecule has 0 radical (unpaired) electrons. The summed E-state index contributed by atoms with van der Waals surface area (Å²) < 4.78 is 8.14. The normalized spacial score (nSPS) is 17.1. The van der Waals surface area contributed by atoms with E-state index < -0.39 is 0 Å². The molecule has 3 aromatic rings. The Balaban J connectivity index is 1.43. The van der Waals surface area contributed by atoms with Crippen molar-refractivity contribution in [2.24, 2.45) is 5.92 Å². The van der Waals surface area contributed by atoms with Crippen LogP contribution in [-0.2, 0) is 13.1 Å². The molecule has 5 nitrogen and oxygen atoms in total. The average molecular weight is 377 g/mol. The molecule has 28 heavy (non-hydrogen) atoms. The van der Waals surface area contributed by atoms with Crippen LogP contribution in [-0.4, -0.2) is 39.1 Å². The fraction of sp³-hybridized carbons (Fsp3) is 0.391. The summed E-state index contributed by atoms with van der Waals surface area (Å²) in [7, 11) is 0. The largest absolute Gasteiger partial charge is 0.494 e. The summed E-state index contributed by atoms with van der Waals surface area (Å²) in [6.07, 6.45) is 6.87. The van der Waals surface area contributed by atoms with Crippen LogP contribution in [0.1, 0.15) is 24.6 Å². The zero-order valence-electron chi connectivity index (χ0n) is 16.7. The van der Waals surface area contributed by atoms with E-state index in [9.17, 15) is 0 Å². The Hall–Kier alpha value is -2.66. The lowest BCUT2D eigenvalue weighted by Crippen LogP contribution is -2.22. The minimum atomic E-state index is 0.627. The fourth-order valence-electron chi connectivity index (χ4n) is 4.05. The highest BCUT2D eigenvalue weighted by Gasteiger charge is 2.25. The minimum Gasteiger partial charge on any atom is -0.494 e. The number of hydrogen-bond donors (Lipinski definition) is 0. The quantitative estimate of drug-likeness (QED) is 0.621. The summed E-state index contributed by atoms with van der Waals surface area (Å²) in [5.74, 6) is 2.66. The van der Waals surface area contributed by atoms with Crippen LogP contribution in [0.4, 0.5) is 0 Å².